The minimum atomic E-state index is -1.43. The van der Waals surface area contributed by atoms with Gasteiger partial charge in [-0.15, -0.1) is 0 Å². The molecule has 172 valence electrons. The predicted octanol–water partition coefficient (Wildman–Crippen LogP) is 1.42. The van der Waals surface area contributed by atoms with Crippen LogP contribution >= 0.6 is 0 Å². The van der Waals surface area contributed by atoms with Crippen LogP contribution in [-0.2, 0) is 47.6 Å². The summed E-state index contributed by atoms with van der Waals surface area (Å²) in [4.78, 5) is 46.4. The fraction of sp³-hybridized carbons (Fsp3) is 0.789. The molecule has 1 saturated heterocycles. The number of carbonyl (C=O) groups excluding carboxylic acids is 4. The lowest BCUT2D eigenvalue weighted by atomic mass is 9.98. The van der Waals surface area contributed by atoms with Crippen molar-refractivity contribution in [1.82, 2.24) is 0 Å². The Bertz CT molecular complexity index is 629. The predicted molar refractivity (Wildman–Crippen MR) is 106 cm³/mol. The summed E-state index contributed by atoms with van der Waals surface area (Å²) in [6.07, 6.45) is -5.66. The van der Waals surface area contributed by atoms with Crippen molar-refractivity contribution in [3.8, 4) is 0 Å². The Balaban J connectivity index is 3.22. The molecule has 0 spiro atoms. The van der Waals surface area contributed by atoms with Crippen LogP contribution in [0, 0.1) is 0 Å². The highest BCUT2D eigenvalue weighted by Crippen LogP contribution is 2.30. The fourth-order valence-corrected chi connectivity index (χ4v) is 3.53. The van der Waals surface area contributed by atoms with Crippen LogP contribution in [0.15, 0.2) is 0 Å². The minimum absolute atomic E-state index is 0.272. The average Bonchev–Trinajstić information content (AvgIpc) is 2.55. The van der Waals surface area contributed by atoms with E-state index >= 15 is 0 Å². The molecule has 0 bridgehead atoms. The zero-order chi connectivity index (χ0) is 23.1. The molecule has 30 heavy (non-hydrogen) atoms. The standard InChI is InChI=1S/C19H32O10Si/c1-11(20)25-10-15-16(26-12(2)21)17(27-13(3)22)18(28-14(4)23)19(29-15)24-8-9-30(5,6)7/h15-19H,8-10H2,1-7H3/t15?,16-,17?,18-,19+/m0/s1. The van der Waals surface area contributed by atoms with E-state index in [9.17, 15) is 19.2 Å². The number of hydrogen-bond acceptors (Lipinski definition) is 10. The van der Waals surface area contributed by atoms with E-state index in [0.29, 0.717) is 6.61 Å². The molecule has 0 saturated carbocycles. The normalized spacial score (nSPS) is 26.4. The highest BCUT2D eigenvalue weighted by atomic mass is 28.3. The summed E-state index contributed by atoms with van der Waals surface area (Å²) in [7, 11) is -1.43. The van der Waals surface area contributed by atoms with Crippen LogP contribution in [-0.4, -0.2) is 75.9 Å². The molecule has 0 amide bonds. The molecule has 0 aromatic heterocycles. The van der Waals surface area contributed by atoms with Crippen molar-refractivity contribution in [3.63, 3.8) is 0 Å². The highest BCUT2D eigenvalue weighted by Gasteiger charge is 2.52. The Kier molecular flexibility index (Phi) is 9.92. The van der Waals surface area contributed by atoms with Crippen molar-refractivity contribution in [2.24, 2.45) is 0 Å². The summed E-state index contributed by atoms with van der Waals surface area (Å²) in [5.74, 6) is -2.57. The van der Waals surface area contributed by atoms with Crippen molar-refractivity contribution >= 4 is 32.0 Å². The second-order valence-corrected chi connectivity index (χ2v) is 13.9. The molecule has 0 aromatic rings. The molecule has 5 atom stereocenters. The molecule has 1 fully saturated rings. The Hall–Kier alpha value is -1.98. The van der Waals surface area contributed by atoms with Gasteiger partial charge in [-0.05, 0) is 6.04 Å². The maximum atomic E-state index is 11.7. The largest absolute Gasteiger partial charge is 0.463 e. The van der Waals surface area contributed by atoms with Gasteiger partial charge >= 0.3 is 23.9 Å². The molecule has 2 unspecified atom stereocenters. The van der Waals surface area contributed by atoms with E-state index in [4.69, 9.17) is 28.4 Å². The van der Waals surface area contributed by atoms with Crippen molar-refractivity contribution in [2.75, 3.05) is 13.2 Å². The van der Waals surface area contributed by atoms with Crippen LogP contribution in [0.4, 0.5) is 0 Å². The topological polar surface area (TPSA) is 124 Å². The van der Waals surface area contributed by atoms with Crippen LogP contribution in [0.5, 0.6) is 0 Å². The fourth-order valence-electron chi connectivity index (χ4n) is 2.80. The lowest BCUT2D eigenvalue weighted by Crippen LogP contribution is -2.63. The van der Waals surface area contributed by atoms with E-state index in [2.05, 4.69) is 19.6 Å². The van der Waals surface area contributed by atoms with Crippen LogP contribution < -0.4 is 0 Å². The van der Waals surface area contributed by atoms with Crippen molar-refractivity contribution < 1.29 is 47.6 Å². The molecule has 0 N–H and O–H groups in total. The Morgan fingerprint density at radius 2 is 1.27 bits per heavy atom. The highest BCUT2D eigenvalue weighted by molar-refractivity contribution is 6.76. The number of carbonyl (C=O) groups is 4. The number of ether oxygens (including phenoxy) is 6. The third-order valence-corrected chi connectivity index (χ3v) is 5.79. The first-order valence-electron chi connectivity index (χ1n) is 9.72. The maximum Gasteiger partial charge on any atom is 0.303 e. The SMILES string of the molecule is CC(=O)OCC1O[C@@H](OCC[Si](C)(C)C)[C@@H](OC(C)=O)C(OC(C)=O)[C@H]1OC(C)=O. The molecule has 1 rings (SSSR count). The van der Waals surface area contributed by atoms with E-state index in [0.717, 1.165) is 6.04 Å². The molecule has 1 heterocycles. The van der Waals surface area contributed by atoms with Gasteiger partial charge in [-0.25, -0.2) is 0 Å². The lowest BCUT2D eigenvalue weighted by Gasteiger charge is -2.44. The van der Waals surface area contributed by atoms with E-state index < -0.39 is 62.7 Å². The summed E-state index contributed by atoms with van der Waals surface area (Å²) in [5.41, 5.74) is 0. The van der Waals surface area contributed by atoms with Crippen molar-refractivity contribution in [3.05, 3.63) is 0 Å². The Morgan fingerprint density at radius 3 is 1.73 bits per heavy atom. The van der Waals surface area contributed by atoms with Gasteiger partial charge in [0.15, 0.2) is 24.6 Å². The summed E-state index contributed by atoms with van der Waals surface area (Å²) < 4.78 is 32.7. The first-order chi connectivity index (χ1) is 13.8. The van der Waals surface area contributed by atoms with Crippen molar-refractivity contribution in [1.29, 1.82) is 0 Å². The van der Waals surface area contributed by atoms with Gasteiger partial charge in [-0.2, -0.15) is 0 Å². The molecule has 0 radical (unpaired) electrons. The van der Waals surface area contributed by atoms with Crippen molar-refractivity contribution in [2.45, 2.75) is 84.1 Å². The number of rotatable bonds is 9. The van der Waals surface area contributed by atoms with Gasteiger partial charge in [-0.3, -0.25) is 19.2 Å². The van der Waals surface area contributed by atoms with Gasteiger partial charge in [-0.1, -0.05) is 19.6 Å². The molecular weight excluding hydrogens is 416 g/mol. The minimum Gasteiger partial charge on any atom is -0.463 e. The second kappa shape index (κ2) is 11.4. The molecule has 1 aliphatic heterocycles. The van der Waals surface area contributed by atoms with Gasteiger partial charge in [0.05, 0.1) is 0 Å². The Labute approximate surface area is 177 Å². The van der Waals surface area contributed by atoms with Gasteiger partial charge < -0.3 is 28.4 Å². The third-order valence-electron chi connectivity index (χ3n) is 4.08. The van der Waals surface area contributed by atoms with Crippen LogP contribution in [0.2, 0.25) is 25.7 Å². The van der Waals surface area contributed by atoms with E-state index in [-0.39, 0.29) is 6.61 Å². The molecule has 1 aliphatic rings. The van der Waals surface area contributed by atoms with Gasteiger partial charge in [0.2, 0.25) is 0 Å². The summed E-state index contributed by atoms with van der Waals surface area (Å²) in [6.45, 7) is 11.3. The number of esters is 4. The second-order valence-electron chi connectivity index (χ2n) is 8.25. The monoisotopic (exact) mass is 448 g/mol. The molecule has 10 nitrogen and oxygen atoms in total. The Morgan fingerprint density at radius 1 is 0.767 bits per heavy atom. The van der Waals surface area contributed by atoms with Gasteiger partial charge in [0, 0.05) is 42.4 Å². The zero-order valence-electron chi connectivity index (χ0n) is 18.6. The molecular formula is C19H32O10Si. The van der Waals surface area contributed by atoms with Crippen LogP contribution in [0.1, 0.15) is 27.7 Å². The first-order valence-corrected chi connectivity index (χ1v) is 13.4. The molecule has 11 heteroatoms. The van der Waals surface area contributed by atoms with E-state index in [1.807, 2.05) is 0 Å². The summed E-state index contributed by atoms with van der Waals surface area (Å²) in [5, 5.41) is 0. The van der Waals surface area contributed by atoms with Crippen LogP contribution in [0.25, 0.3) is 0 Å². The van der Waals surface area contributed by atoms with E-state index in [1.54, 1.807) is 0 Å². The average molecular weight is 449 g/mol. The van der Waals surface area contributed by atoms with Gasteiger partial charge in [0.1, 0.15) is 12.7 Å². The maximum absolute atomic E-state index is 11.7. The van der Waals surface area contributed by atoms with Gasteiger partial charge in [0.25, 0.3) is 0 Å². The summed E-state index contributed by atoms with van der Waals surface area (Å²) >= 11 is 0. The third kappa shape index (κ3) is 9.22. The lowest BCUT2D eigenvalue weighted by molar-refractivity contribution is -0.307. The van der Waals surface area contributed by atoms with Crippen LogP contribution in [0.3, 0.4) is 0 Å². The smallest absolute Gasteiger partial charge is 0.303 e. The zero-order valence-corrected chi connectivity index (χ0v) is 19.6. The molecule has 0 aromatic carbocycles. The van der Waals surface area contributed by atoms with E-state index in [1.165, 1.54) is 27.7 Å². The first kappa shape index (κ1) is 26.1. The number of hydrogen-bond donors (Lipinski definition) is 0. The summed E-state index contributed by atoms with van der Waals surface area (Å²) in [6, 6.07) is 0.805. The quantitative estimate of drug-likeness (QED) is 0.290. The molecule has 0 aliphatic carbocycles.